The van der Waals surface area contributed by atoms with Crippen LogP contribution in [0.15, 0.2) is 22.6 Å². The lowest BCUT2D eigenvalue weighted by atomic mass is 10.2. The number of anilines is 1. The summed E-state index contributed by atoms with van der Waals surface area (Å²) in [5.41, 5.74) is 0.939. The minimum atomic E-state index is -0.467. The Labute approximate surface area is 109 Å². The maximum atomic E-state index is 10.7. The van der Waals surface area contributed by atoms with Crippen LogP contribution in [0.1, 0.15) is 19.8 Å². The lowest BCUT2D eigenvalue weighted by Crippen LogP contribution is -2.15. The summed E-state index contributed by atoms with van der Waals surface area (Å²) < 4.78 is 5.45. The molecule has 1 heterocycles. The number of nitro groups is 1. The van der Waals surface area contributed by atoms with Gasteiger partial charge in [-0.3, -0.25) is 10.1 Å². The lowest BCUT2D eigenvalue weighted by Gasteiger charge is -2.10. The van der Waals surface area contributed by atoms with Crippen LogP contribution in [0.25, 0.3) is 11.1 Å². The molecule has 0 amide bonds. The Hall–Kier alpha value is -2.15. The van der Waals surface area contributed by atoms with E-state index in [2.05, 4.69) is 10.3 Å². The summed E-state index contributed by atoms with van der Waals surface area (Å²) in [6.07, 6.45) is 1.48. The highest BCUT2D eigenvalue weighted by molar-refractivity contribution is 5.77. The summed E-state index contributed by atoms with van der Waals surface area (Å²) in [5.74, 6) is 0. The first-order chi connectivity index (χ1) is 9.10. The van der Waals surface area contributed by atoms with Crippen LogP contribution >= 0.6 is 0 Å². The van der Waals surface area contributed by atoms with Gasteiger partial charge in [0, 0.05) is 24.8 Å². The first-order valence-electron chi connectivity index (χ1n) is 6.02. The summed E-state index contributed by atoms with van der Waals surface area (Å²) >= 11 is 0. The number of nitrogens with zero attached hydrogens (tertiary/aromatic N) is 2. The molecule has 2 aromatic rings. The first-order valence-corrected chi connectivity index (χ1v) is 6.02. The number of benzene rings is 1. The topological polar surface area (TPSA) is 101 Å². The molecule has 0 aliphatic carbocycles. The van der Waals surface area contributed by atoms with Crippen LogP contribution in [0, 0.1) is 10.1 Å². The fraction of sp³-hybridized carbons (Fsp3) is 0.417. The van der Waals surface area contributed by atoms with Gasteiger partial charge in [0.05, 0.1) is 4.92 Å². The van der Waals surface area contributed by atoms with E-state index in [1.54, 1.807) is 0 Å². The number of hydrogen-bond acceptors (Lipinski definition) is 6. The summed E-state index contributed by atoms with van der Waals surface area (Å²) in [7, 11) is 0. The molecule has 1 aromatic heterocycles. The van der Waals surface area contributed by atoms with E-state index in [-0.39, 0.29) is 18.3 Å². The largest absolute Gasteiger partial charge is 0.424 e. The Bertz CT molecular complexity index is 581. The van der Waals surface area contributed by atoms with Crippen LogP contribution < -0.4 is 5.32 Å². The molecule has 7 nitrogen and oxygen atoms in total. The Kier molecular flexibility index (Phi) is 3.96. The molecule has 19 heavy (non-hydrogen) atoms. The number of aliphatic hydroxyl groups excluding tert-OH is 1. The summed E-state index contributed by atoms with van der Waals surface area (Å²) in [6.45, 7) is 2.10. The SMILES string of the molecule is CC(CCCO)Nc1nc2cc([N+](=O)[O-])ccc2o1. The predicted octanol–water partition coefficient (Wildman–Crippen LogP) is 2.31. The molecule has 0 saturated carbocycles. The van der Waals surface area contributed by atoms with E-state index in [1.807, 2.05) is 6.92 Å². The zero-order valence-corrected chi connectivity index (χ0v) is 10.5. The molecule has 0 bridgehead atoms. The number of non-ortho nitro benzene ring substituents is 1. The number of aromatic nitrogens is 1. The third-order valence-corrected chi connectivity index (χ3v) is 2.75. The van der Waals surface area contributed by atoms with Gasteiger partial charge >= 0.3 is 0 Å². The molecule has 0 aliphatic rings. The molecule has 0 aliphatic heterocycles. The molecule has 102 valence electrons. The maximum Gasteiger partial charge on any atom is 0.295 e. The molecule has 1 atom stereocenters. The predicted molar refractivity (Wildman–Crippen MR) is 70.1 cm³/mol. The standard InChI is InChI=1S/C12H15N3O4/c1-8(3-2-6-16)13-12-14-10-7-9(15(17)18)4-5-11(10)19-12/h4-5,7-8,16H,2-3,6H2,1H3,(H,13,14). The number of fused-ring (bicyclic) bond motifs is 1. The Morgan fingerprint density at radius 2 is 2.37 bits per heavy atom. The molecular formula is C12H15N3O4. The van der Waals surface area contributed by atoms with Gasteiger partial charge in [0.25, 0.3) is 11.7 Å². The fourth-order valence-corrected chi connectivity index (χ4v) is 1.77. The van der Waals surface area contributed by atoms with Gasteiger partial charge in [0.15, 0.2) is 5.58 Å². The van der Waals surface area contributed by atoms with E-state index in [0.717, 1.165) is 6.42 Å². The second kappa shape index (κ2) is 5.66. The van der Waals surface area contributed by atoms with Crippen molar-refractivity contribution in [2.45, 2.75) is 25.8 Å². The zero-order chi connectivity index (χ0) is 13.8. The first kappa shape index (κ1) is 13.3. The summed E-state index contributed by atoms with van der Waals surface area (Å²) in [4.78, 5) is 14.3. The van der Waals surface area contributed by atoms with Gasteiger partial charge < -0.3 is 14.8 Å². The molecule has 2 N–H and O–H groups in total. The molecule has 1 unspecified atom stereocenters. The maximum absolute atomic E-state index is 10.7. The quantitative estimate of drug-likeness (QED) is 0.613. The van der Waals surface area contributed by atoms with Crippen LogP contribution in [-0.2, 0) is 0 Å². The highest BCUT2D eigenvalue weighted by Gasteiger charge is 2.12. The van der Waals surface area contributed by atoms with Crippen molar-refractivity contribution < 1.29 is 14.4 Å². The number of nitro benzene ring substituents is 1. The smallest absolute Gasteiger partial charge is 0.295 e. The Morgan fingerprint density at radius 3 is 3.05 bits per heavy atom. The third kappa shape index (κ3) is 3.19. The Balaban J connectivity index is 2.15. The third-order valence-electron chi connectivity index (χ3n) is 2.75. The monoisotopic (exact) mass is 265 g/mol. The second-order valence-corrected chi connectivity index (χ2v) is 4.34. The molecule has 0 saturated heterocycles. The van der Waals surface area contributed by atoms with E-state index in [1.165, 1.54) is 18.2 Å². The van der Waals surface area contributed by atoms with E-state index >= 15 is 0 Å². The van der Waals surface area contributed by atoms with Crippen molar-refractivity contribution in [1.82, 2.24) is 4.98 Å². The van der Waals surface area contributed by atoms with Gasteiger partial charge in [-0.2, -0.15) is 4.98 Å². The lowest BCUT2D eigenvalue weighted by molar-refractivity contribution is -0.384. The molecule has 0 radical (unpaired) electrons. The van der Waals surface area contributed by atoms with Gasteiger partial charge in [-0.25, -0.2) is 0 Å². The molecule has 2 rings (SSSR count). The molecule has 0 fully saturated rings. The minimum Gasteiger partial charge on any atom is -0.424 e. The van der Waals surface area contributed by atoms with Crippen molar-refractivity contribution in [1.29, 1.82) is 0 Å². The van der Waals surface area contributed by atoms with Gasteiger partial charge in [-0.05, 0) is 25.8 Å². The van der Waals surface area contributed by atoms with Crippen LogP contribution in [0.2, 0.25) is 0 Å². The average Bonchev–Trinajstić information content (AvgIpc) is 2.77. The van der Waals surface area contributed by atoms with Gasteiger partial charge in [-0.15, -0.1) is 0 Å². The van der Waals surface area contributed by atoms with E-state index in [4.69, 9.17) is 9.52 Å². The number of aliphatic hydroxyl groups is 1. The van der Waals surface area contributed by atoms with Crippen molar-refractivity contribution >= 4 is 22.8 Å². The van der Waals surface area contributed by atoms with Crippen LogP contribution in [-0.4, -0.2) is 27.7 Å². The molecular weight excluding hydrogens is 250 g/mol. The number of nitrogens with one attached hydrogen (secondary N) is 1. The Morgan fingerprint density at radius 1 is 1.58 bits per heavy atom. The van der Waals surface area contributed by atoms with E-state index in [0.29, 0.717) is 23.5 Å². The van der Waals surface area contributed by atoms with Crippen molar-refractivity contribution in [3.05, 3.63) is 28.3 Å². The second-order valence-electron chi connectivity index (χ2n) is 4.34. The summed E-state index contributed by atoms with van der Waals surface area (Å²) in [6, 6.07) is 4.73. The van der Waals surface area contributed by atoms with Gasteiger partial charge in [0.2, 0.25) is 0 Å². The number of hydrogen-bond donors (Lipinski definition) is 2. The van der Waals surface area contributed by atoms with Crippen LogP contribution in [0.3, 0.4) is 0 Å². The minimum absolute atomic E-state index is 0.0133. The fourth-order valence-electron chi connectivity index (χ4n) is 1.77. The molecule has 7 heteroatoms. The van der Waals surface area contributed by atoms with Gasteiger partial charge in [-0.1, -0.05) is 0 Å². The van der Waals surface area contributed by atoms with Crippen LogP contribution in [0.5, 0.6) is 0 Å². The van der Waals surface area contributed by atoms with Crippen molar-refractivity contribution in [3.63, 3.8) is 0 Å². The van der Waals surface area contributed by atoms with Crippen molar-refractivity contribution in [2.24, 2.45) is 0 Å². The van der Waals surface area contributed by atoms with Crippen molar-refractivity contribution in [2.75, 3.05) is 11.9 Å². The number of rotatable bonds is 6. The van der Waals surface area contributed by atoms with E-state index < -0.39 is 4.92 Å². The normalized spacial score (nSPS) is 12.5. The zero-order valence-electron chi connectivity index (χ0n) is 10.5. The highest BCUT2D eigenvalue weighted by Crippen LogP contribution is 2.24. The molecule has 0 spiro atoms. The van der Waals surface area contributed by atoms with Crippen molar-refractivity contribution in [3.8, 4) is 0 Å². The highest BCUT2D eigenvalue weighted by atomic mass is 16.6. The average molecular weight is 265 g/mol. The van der Waals surface area contributed by atoms with Crippen LogP contribution in [0.4, 0.5) is 11.7 Å². The summed E-state index contributed by atoms with van der Waals surface area (Å²) in [5, 5.41) is 22.5. The van der Waals surface area contributed by atoms with Gasteiger partial charge in [0.1, 0.15) is 5.52 Å². The molecule has 1 aromatic carbocycles. The number of oxazole rings is 1. The van der Waals surface area contributed by atoms with E-state index in [9.17, 15) is 10.1 Å².